The highest BCUT2D eigenvalue weighted by Crippen LogP contribution is 2.29. The fourth-order valence-electron chi connectivity index (χ4n) is 3.08. The topological polar surface area (TPSA) is 69.4 Å². The third-order valence-electron chi connectivity index (χ3n) is 4.65. The van der Waals surface area contributed by atoms with Gasteiger partial charge >= 0.3 is 0 Å². The fraction of sp³-hybridized carbons (Fsp3) is 0.174. The molecule has 2 heterocycles. The first-order valence-corrected chi connectivity index (χ1v) is 11.8. The van der Waals surface area contributed by atoms with Gasteiger partial charge in [-0.2, -0.15) is 8.42 Å². The predicted octanol–water partition coefficient (Wildman–Crippen LogP) is 5.25. The van der Waals surface area contributed by atoms with E-state index in [1.807, 2.05) is 25.1 Å². The molecule has 0 saturated heterocycles. The van der Waals surface area contributed by atoms with Gasteiger partial charge in [-0.05, 0) is 41.6 Å². The van der Waals surface area contributed by atoms with Crippen molar-refractivity contribution in [3.05, 3.63) is 95.0 Å². The molecule has 4 rings (SSSR count). The van der Waals surface area contributed by atoms with Gasteiger partial charge in [0.05, 0.1) is 17.2 Å². The number of hydrogen-bond donors (Lipinski definition) is 0. The number of nitrogens with zero attached hydrogens (tertiary/aromatic N) is 1. The van der Waals surface area contributed by atoms with E-state index in [1.165, 1.54) is 10.4 Å². The Hall–Kier alpha value is -2.74. The number of oxazole rings is 1. The van der Waals surface area contributed by atoms with E-state index in [2.05, 4.69) is 28.6 Å². The molecule has 0 unspecified atom stereocenters. The molecule has 0 saturated carbocycles. The van der Waals surface area contributed by atoms with E-state index in [1.54, 1.807) is 41.9 Å². The second kappa shape index (κ2) is 8.95. The van der Waals surface area contributed by atoms with Crippen molar-refractivity contribution >= 4 is 21.5 Å². The standard InChI is InChI=1S/C23H21NO4S2/c1-17-8-10-20(11-9-17)30(25,26)28-13-12-19-16-27-23(24-19)15-18-5-2-3-6-21(18)22-7-4-14-29-22/h2-11,14,16H,12-13,15H2,1H3. The Labute approximate surface area is 180 Å². The SMILES string of the molecule is Cc1ccc(S(=O)(=O)OCCc2coc(Cc3ccccc3-c3cccs3)n2)cc1. The van der Waals surface area contributed by atoms with Gasteiger partial charge in [-0.1, -0.05) is 48.0 Å². The molecule has 154 valence electrons. The van der Waals surface area contributed by atoms with Crippen LogP contribution in [0.1, 0.15) is 22.7 Å². The Morgan fingerprint density at radius 1 is 1.03 bits per heavy atom. The van der Waals surface area contributed by atoms with Gasteiger partial charge in [0.2, 0.25) is 0 Å². The van der Waals surface area contributed by atoms with Crippen molar-refractivity contribution in [1.29, 1.82) is 0 Å². The van der Waals surface area contributed by atoms with Crippen molar-refractivity contribution in [1.82, 2.24) is 4.98 Å². The summed E-state index contributed by atoms with van der Waals surface area (Å²) in [5, 5.41) is 2.06. The first-order chi connectivity index (χ1) is 14.5. The molecule has 0 N–H and O–H groups in total. The van der Waals surface area contributed by atoms with Gasteiger partial charge in [-0.15, -0.1) is 11.3 Å². The van der Waals surface area contributed by atoms with Gasteiger partial charge in [0, 0.05) is 17.7 Å². The van der Waals surface area contributed by atoms with Crippen LogP contribution in [0.5, 0.6) is 0 Å². The summed E-state index contributed by atoms with van der Waals surface area (Å²) in [4.78, 5) is 5.85. The Morgan fingerprint density at radius 3 is 2.60 bits per heavy atom. The summed E-state index contributed by atoms with van der Waals surface area (Å²) >= 11 is 1.69. The van der Waals surface area contributed by atoms with Gasteiger partial charge < -0.3 is 4.42 Å². The number of thiophene rings is 1. The molecule has 30 heavy (non-hydrogen) atoms. The van der Waals surface area contributed by atoms with E-state index in [0.717, 1.165) is 11.1 Å². The van der Waals surface area contributed by atoms with Crippen molar-refractivity contribution in [2.24, 2.45) is 0 Å². The highest BCUT2D eigenvalue weighted by atomic mass is 32.2. The largest absolute Gasteiger partial charge is 0.448 e. The lowest BCUT2D eigenvalue weighted by Crippen LogP contribution is -2.09. The third-order valence-corrected chi connectivity index (χ3v) is 6.88. The number of aryl methyl sites for hydroxylation is 1. The summed E-state index contributed by atoms with van der Waals surface area (Å²) in [6.45, 7) is 1.91. The molecule has 0 spiro atoms. The minimum absolute atomic E-state index is 0.00790. The number of benzene rings is 2. The molecule has 5 nitrogen and oxygen atoms in total. The number of rotatable bonds is 8. The Balaban J connectivity index is 1.38. The maximum atomic E-state index is 12.3. The fourth-order valence-corrected chi connectivity index (χ4v) is 4.78. The molecule has 0 bridgehead atoms. The van der Waals surface area contributed by atoms with Crippen LogP contribution in [-0.2, 0) is 27.1 Å². The Bertz CT molecular complexity index is 1210. The number of hydrogen-bond acceptors (Lipinski definition) is 6. The Kier molecular flexibility index (Phi) is 6.13. The summed E-state index contributed by atoms with van der Waals surface area (Å²) in [7, 11) is -3.78. The van der Waals surface area contributed by atoms with E-state index < -0.39 is 10.1 Å². The molecule has 2 aromatic carbocycles. The van der Waals surface area contributed by atoms with Crippen LogP contribution >= 0.6 is 11.3 Å². The first-order valence-electron chi connectivity index (χ1n) is 9.52. The van der Waals surface area contributed by atoms with Crippen molar-refractivity contribution in [2.75, 3.05) is 6.61 Å². The zero-order chi connectivity index (χ0) is 21.0. The lowest BCUT2D eigenvalue weighted by atomic mass is 10.0. The summed E-state index contributed by atoms with van der Waals surface area (Å²) in [5.41, 5.74) is 3.95. The van der Waals surface area contributed by atoms with E-state index in [-0.39, 0.29) is 11.5 Å². The van der Waals surface area contributed by atoms with Crippen LogP contribution < -0.4 is 0 Å². The van der Waals surface area contributed by atoms with Crippen LogP contribution in [0, 0.1) is 6.92 Å². The molecule has 7 heteroatoms. The summed E-state index contributed by atoms with van der Waals surface area (Å²) in [5.74, 6) is 0.593. The maximum absolute atomic E-state index is 12.3. The van der Waals surface area contributed by atoms with Gasteiger partial charge in [-0.25, -0.2) is 4.98 Å². The molecule has 0 amide bonds. The van der Waals surface area contributed by atoms with E-state index in [9.17, 15) is 8.42 Å². The van der Waals surface area contributed by atoms with Crippen LogP contribution in [-0.4, -0.2) is 20.0 Å². The second-order valence-electron chi connectivity index (χ2n) is 6.88. The van der Waals surface area contributed by atoms with Crippen LogP contribution in [0.3, 0.4) is 0 Å². The zero-order valence-electron chi connectivity index (χ0n) is 16.4. The van der Waals surface area contributed by atoms with E-state index >= 15 is 0 Å². The molecular formula is C23H21NO4S2. The molecule has 0 radical (unpaired) electrons. The van der Waals surface area contributed by atoms with Gasteiger partial charge in [0.25, 0.3) is 10.1 Å². The lowest BCUT2D eigenvalue weighted by Gasteiger charge is -2.05. The van der Waals surface area contributed by atoms with Crippen molar-refractivity contribution in [3.63, 3.8) is 0 Å². The summed E-state index contributed by atoms with van der Waals surface area (Å²) in [6, 6.07) is 18.9. The highest BCUT2D eigenvalue weighted by Gasteiger charge is 2.16. The minimum Gasteiger partial charge on any atom is -0.448 e. The minimum atomic E-state index is -3.78. The van der Waals surface area contributed by atoms with Gasteiger partial charge in [0.1, 0.15) is 6.26 Å². The monoisotopic (exact) mass is 439 g/mol. The molecule has 2 aromatic heterocycles. The zero-order valence-corrected chi connectivity index (χ0v) is 18.1. The van der Waals surface area contributed by atoms with Crippen LogP contribution in [0.15, 0.2) is 81.6 Å². The van der Waals surface area contributed by atoms with Crippen LogP contribution in [0.2, 0.25) is 0 Å². The van der Waals surface area contributed by atoms with E-state index in [0.29, 0.717) is 24.4 Å². The average molecular weight is 440 g/mol. The Morgan fingerprint density at radius 2 is 1.83 bits per heavy atom. The molecule has 0 atom stereocenters. The highest BCUT2D eigenvalue weighted by molar-refractivity contribution is 7.86. The summed E-state index contributed by atoms with van der Waals surface area (Å²) < 4.78 is 35.3. The van der Waals surface area contributed by atoms with Crippen molar-refractivity contribution in [3.8, 4) is 10.4 Å². The van der Waals surface area contributed by atoms with E-state index in [4.69, 9.17) is 8.60 Å². The van der Waals surface area contributed by atoms with Gasteiger partial charge in [-0.3, -0.25) is 4.18 Å². The first kappa shape index (κ1) is 20.5. The van der Waals surface area contributed by atoms with Crippen LogP contribution in [0.25, 0.3) is 10.4 Å². The molecule has 0 aliphatic carbocycles. The number of aromatic nitrogens is 1. The second-order valence-corrected chi connectivity index (χ2v) is 9.45. The molecule has 0 aliphatic rings. The quantitative estimate of drug-likeness (QED) is 0.351. The van der Waals surface area contributed by atoms with Crippen LogP contribution in [0.4, 0.5) is 0 Å². The predicted molar refractivity (Wildman–Crippen MR) is 117 cm³/mol. The van der Waals surface area contributed by atoms with Crippen molar-refractivity contribution < 1.29 is 17.0 Å². The van der Waals surface area contributed by atoms with Crippen molar-refractivity contribution in [2.45, 2.75) is 24.7 Å². The molecule has 0 fully saturated rings. The molecule has 0 aliphatic heterocycles. The third kappa shape index (κ3) is 4.87. The smallest absolute Gasteiger partial charge is 0.296 e. The normalized spacial score (nSPS) is 11.6. The molecular weight excluding hydrogens is 418 g/mol. The maximum Gasteiger partial charge on any atom is 0.296 e. The lowest BCUT2D eigenvalue weighted by molar-refractivity contribution is 0.320. The summed E-state index contributed by atoms with van der Waals surface area (Å²) in [6.07, 6.45) is 2.47. The van der Waals surface area contributed by atoms with Gasteiger partial charge in [0.15, 0.2) is 5.89 Å². The average Bonchev–Trinajstić information content (AvgIpc) is 3.41. The molecule has 4 aromatic rings.